The molecule has 106 valence electrons. The number of hydrogen-bond acceptors (Lipinski definition) is 2. The molecular weight excluding hydrogens is 261 g/mol. The minimum atomic E-state index is -4.72. The molecule has 1 aromatic rings. The molecule has 0 aliphatic carbocycles. The molecule has 0 aliphatic heterocycles. The van der Waals surface area contributed by atoms with E-state index in [1.807, 2.05) is 6.92 Å². The van der Waals surface area contributed by atoms with Gasteiger partial charge in [-0.25, -0.2) is 4.79 Å². The zero-order valence-corrected chi connectivity index (χ0v) is 10.4. The fourth-order valence-electron chi connectivity index (χ4n) is 1.29. The van der Waals surface area contributed by atoms with Crippen LogP contribution in [0.2, 0.25) is 0 Å². The van der Waals surface area contributed by atoms with Gasteiger partial charge in [-0.15, -0.1) is 13.2 Å². The van der Waals surface area contributed by atoms with Crippen LogP contribution >= 0.6 is 0 Å². The van der Waals surface area contributed by atoms with Crippen molar-refractivity contribution in [3.63, 3.8) is 0 Å². The van der Waals surface area contributed by atoms with E-state index < -0.39 is 12.4 Å². The molecule has 19 heavy (non-hydrogen) atoms. The molecule has 2 N–H and O–H groups in total. The highest BCUT2D eigenvalue weighted by Crippen LogP contribution is 2.23. The quantitative estimate of drug-likeness (QED) is 0.808. The molecule has 1 rings (SSSR count). The van der Waals surface area contributed by atoms with Crippen LogP contribution in [0.15, 0.2) is 24.3 Å². The van der Waals surface area contributed by atoms with E-state index in [1.54, 1.807) is 0 Å². The van der Waals surface area contributed by atoms with Gasteiger partial charge in [0.15, 0.2) is 0 Å². The average Bonchev–Trinajstić information content (AvgIpc) is 2.30. The highest BCUT2D eigenvalue weighted by molar-refractivity contribution is 5.89. The van der Waals surface area contributed by atoms with Crippen LogP contribution in [-0.4, -0.2) is 18.9 Å². The predicted octanol–water partition coefficient (Wildman–Crippen LogP) is 3.51. The first-order valence-corrected chi connectivity index (χ1v) is 5.81. The standard InChI is InChI=1S/C12H15F3N2O2/c1-2-3-8-16-11(18)17-9-4-6-10(7-5-9)19-12(13,14)15/h4-7H,2-3,8H2,1H3,(H2,16,17,18). The molecule has 0 heterocycles. The fourth-order valence-corrected chi connectivity index (χ4v) is 1.29. The van der Waals surface area contributed by atoms with Gasteiger partial charge in [-0.05, 0) is 30.7 Å². The Morgan fingerprint density at radius 2 is 1.89 bits per heavy atom. The second-order valence-corrected chi connectivity index (χ2v) is 3.81. The topological polar surface area (TPSA) is 50.4 Å². The number of hydrogen-bond donors (Lipinski definition) is 2. The number of ether oxygens (including phenoxy) is 1. The molecule has 1 aromatic carbocycles. The summed E-state index contributed by atoms with van der Waals surface area (Å²) in [4.78, 5) is 11.4. The molecule has 0 bridgehead atoms. The normalized spacial score (nSPS) is 10.9. The predicted molar refractivity (Wildman–Crippen MR) is 65.1 cm³/mol. The van der Waals surface area contributed by atoms with Crippen LogP contribution in [0.3, 0.4) is 0 Å². The third-order valence-electron chi connectivity index (χ3n) is 2.16. The van der Waals surface area contributed by atoms with Gasteiger partial charge in [0, 0.05) is 12.2 Å². The van der Waals surface area contributed by atoms with Crippen molar-refractivity contribution in [1.29, 1.82) is 0 Å². The molecule has 0 aliphatic rings. The van der Waals surface area contributed by atoms with E-state index in [0.29, 0.717) is 12.2 Å². The summed E-state index contributed by atoms with van der Waals surface area (Å²) in [6, 6.07) is 4.54. The molecular formula is C12H15F3N2O2. The Morgan fingerprint density at radius 3 is 2.42 bits per heavy atom. The largest absolute Gasteiger partial charge is 0.573 e. The maximum atomic E-state index is 11.9. The number of halogens is 3. The summed E-state index contributed by atoms with van der Waals surface area (Å²) in [6.45, 7) is 2.55. The first kappa shape index (κ1) is 15.1. The van der Waals surface area contributed by atoms with E-state index in [-0.39, 0.29) is 5.75 Å². The molecule has 0 saturated heterocycles. The Bertz CT molecular complexity index is 404. The lowest BCUT2D eigenvalue weighted by Gasteiger charge is -2.10. The minimum Gasteiger partial charge on any atom is -0.406 e. The summed E-state index contributed by atoms with van der Waals surface area (Å²) < 4.78 is 39.5. The van der Waals surface area contributed by atoms with Crippen molar-refractivity contribution in [2.24, 2.45) is 0 Å². The summed E-state index contributed by atoms with van der Waals surface area (Å²) in [7, 11) is 0. The van der Waals surface area contributed by atoms with Gasteiger partial charge in [-0.2, -0.15) is 0 Å². The number of anilines is 1. The first-order chi connectivity index (χ1) is 8.90. The van der Waals surface area contributed by atoms with Crippen LogP contribution in [0.4, 0.5) is 23.7 Å². The lowest BCUT2D eigenvalue weighted by atomic mass is 10.3. The lowest BCUT2D eigenvalue weighted by Crippen LogP contribution is -2.29. The highest BCUT2D eigenvalue weighted by atomic mass is 19.4. The van der Waals surface area contributed by atoms with Crippen molar-refractivity contribution >= 4 is 11.7 Å². The summed E-state index contributed by atoms with van der Waals surface area (Å²) in [5, 5.41) is 5.13. The van der Waals surface area contributed by atoms with Crippen LogP contribution in [0.25, 0.3) is 0 Å². The third kappa shape index (κ3) is 6.54. The maximum absolute atomic E-state index is 11.9. The van der Waals surface area contributed by atoms with Crippen molar-refractivity contribution in [3.05, 3.63) is 24.3 Å². The number of nitrogens with one attached hydrogen (secondary N) is 2. The first-order valence-electron chi connectivity index (χ1n) is 5.81. The number of unbranched alkanes of at least 4 members (excludes halogenated alkanes) is 1. The summed E-state index contributed by atoms with van der Waals surface area (Å²) >= 11 is 0. The number of carbonyl (C=O) groups excluding carboxylic acids is 1. The molecule has 0 saturated carbocycles. The molecule has 0 unspecified atom stereocenters. The van der Waals surface area contributed by atoms with E-state index in [2.05, 4.69) is 15.4 Å². The summed E-state index contributed by atoms with van der Waals surface area (Å²) in [6.07, 6.45) is -2.89. The number of alkyl halides is 3. The van der Waals surface area contributed by atoms with Crippen molar-refractivity contribution in [3.8, 4) is 5.75 Å². The van der Waals surface area contributed by atoms with Gasteiger partial charge < -0.3 is 15.4 Å². The third-order valence-corrected chi connectivity index (χ3v) is 2.16. The summed E-state index contributed by atoms with van der Waals surface area (Å²) in [5.41, 5.74) is 0.392. The van der Waals surface area contributed by atoms with Gasteiger partial charge in [0.2, 0.25) is 0 Å². The number of rotatable bonds is 5. The van der Waals surface area contributed by atoms with Gasteiger partial charge in [-0.3, -0.25) is 0 Å². The van der Waals surface area contributed by atoms with Gasteiger partial charge >= 0.3 is 12.4 Å². The SMILES string of the molecule is CCCCNC(=O)Nc1ccc(OC(F)(F)F)cc1. The Kier molecular flexibility index (Phi) is 5.47. The zero-order valence-electron chi connectivity index (χ0n) is 10.4. The molecule has 0 radical (unpaired) electrons. The van der Waals surface area contributed by atoms with Crippen molar-refractivity contribution < 1.29 is 22.7 Å². The van der Waals surface area contributed by atoms with E-state index in [4.69, 9.17) is 0 Å². The number of carbonyl (C=O) groups is 1. The van der Waals surface area contributed by atoms with Crippen LogP contribution in [0.5, 0.6) is 5.75 Å². The van der Waals surface area contributed by atoms with E-state index in [9.17, 15) is 18.0 Å². The van der Waals surface area contributed by atoms with Crippen molar-refractivity contribution in [2.45, 2.75) is 26.1 Å². The molecule has 2 amide bonds. The molecule has 0 aromatic heterocycles. The van der Waals surface area contributed by atoms with Crippen molar-refractivity contribution in [2.75, 3.05) is 11.9 Å². The molecule has 0 atom stereocenters. The van der Waals surface area contributed by atoms with Crippen LogP contribution in [-0.2, 0) is 0 Å². The zero-order chi connectivity index (χ0) is 14.3. The molecule has 0 fully saturated rings. The molecule has 0 spiro atoms. The van der Waals surface area contributed by atoms with Crippen LogP contribution in [0, 0.1) is 0 Å². The number of urea groups is 1. The number of amides is 2. The van der Waals surface area contributed by atoms with E-state index in [1.165, 1.54) is 12.1 Å². The maximum Gasteiger partial charge on any atom is 0.573 e. The van der Waals surface area contributed by atoms with Crippen molar-refractivity contribution in [1.82, 2.24) is 5.32 Å². The Hall–Kier alpha value is -1.92. The monoisotopic (exact) mass is 276 g/mol. The average molecular weight is 276 g/mol. The number of benzene rings is 1. The van der Waals surface area contributed by atoms with Crippen LogP contribution in [0.1, 0.15) is 19.8 Å². The van der Waals surface area contributed by atoms with Gasteiger partial charge in [0.25, 0.3) is 0 Å². The lowest BCUT2D eigenvalue weighted by molar-refractivity contribution is -0.274. The molecule has 7 heteroatoms. The Morgan fingerprint density at radius 1 is 1.26 bits per heavy atom. The Labute approximate surface area is 108 Å². The summed E-state index contributed by atoms with van der Waals surface area (Å²) in [5.74, 6) is -0.329. The van der Waals surface area contributed by atoms with E-state index in [0.717, 1.165) is 25.0 Å². The van der Waals surface area contributed by atoms with Gasteiger partial charge in [0.05, 0.1) is 0 Å². The Balaban J connectivity index is 2.46. The smallest absolute Gasteiger partial charge is 0.406 e. The fraction of sp³-hybridized carbons (Fsp3) is 0.417. The minimum absolute atomic E-state index is 0.329. The second-order valence-electron chi connectivity index (χ2n) is 3.81. The van der Waals surface area contributed by atoms with Gasteiger partial charge in [-0.1, -0.05) is 13.3 Å². The van der Waals surface area contributed by atoms with Crippen LogP contribution < -0.4 is 15.4 Å². The molecule has 4 nitrogen and oxygen atoms in total. The second kappa shape index (κ2) is 6.86. The highest BCUT2D eigenvalue weighted by Gasteiger charge is 2.30. The van der Waals surface area contributed by atoms with E-state index >= 15 is 0 Å². The van der Waals surface area contributed by atoms with Gasteiger partial charge in [0.1, 0.15) is 5.75 Å².